The Morgan fingerprint density at radius 1 is 0.306 bits per heavy atom. The van der Waals surface area contributed by atoms with Crippen molar-refractivity contribution >= 4 is 70.9 Å². The quantitative estimate of drug-likeness (QED) is 0.163. The summed E-state index contributed by atoms with van der Waals surface area (Å²) in [4.78, 5) is 21.4. The van der Waals surface area contributed by atoms with E-state index in [1.807, 2.05) is 0 Å². The molecule has 0 radical (unpaired) electrons. The van der Waals surface area contributed by atoms with Crippen molar-refractivity contribution in [2.45, 2.75) is 0 Å². The van der Waals surface area contributed by atoms with Crippen LogP contribution in [-0.4, -0.2) is 28.9 Å². The molecule has 6 heteroatoms. The number of pyridine rings is 1. The molecular weight excluding hydrogens is 757 g/mol. The van der Waals surface area contributed by atoms with Gasteiger partial charge in [0.2, 0.25) is 5.95 Å². The first-order chi connectivity index (χ1) is 30.7. The van der Waals surface area contributed by atoms with Gasteiger partial charge in [0.25, 0.3) is 0 Å². The second-order valence-corrected chi connectivity index (χ2v) is 15.8. The second kappa shape index (κ2) is 13.5. The second-order valence-electron chi connectivity index (χ2n) is 15.8. The Bertz CT molecular complexity index is 3770. The average molecular weight is 791 g/mol. The number of benzene rings is 9. The van der Waals surface area contributed by atoms with Gasteiger partial charge in [-0.25, -0.2) is 9.97 Å². The van der Waals surface area contributed by atoms with E-state index in [2.05, 4.69) is 215 Å². The van der Waals surface area contributed by atoms with Gasteiger partial charge in [-0.2, -0.15) is 9.97 Å². The Kier molecular flexibility index (Phi) is 7.50. The third-order valence-electron chi connectivity index (χ3n) is 12.4. The van der Waals surface area contributed by atoms with E-state index in [-0.39, 0.29) is 0 Å². The third kappa shape index (κ3) is 5.23. The van der Waals surface area contributed by atoms with Gasteiger partial charge in [0, 0.05) is 27.3 Å². The Labute approximate surface area is 355 Å². The predicted octanol–water partition coefficient (Wildman–Crippen LogP) is 13.9. The molecule has 0 fully saturated rings. The van der Waals surface area contributed by atoms with Crippen LogP contribution in [0.2, 0.25) is 0 Å². The zero-order chi connectivity index (χ0) is 40.7. The minimum atomic E-state index is 0.520. The van der Waals surface area contributed by atoms with Crippen LogP contribution in [0.25, 0.3) is 122 Å². The van der Waals surface area contributed by atoms with Crippen molar-refractivity contribution in [3.8, 4) is 51.0 Å². The fraction of sp³-hybridized carbons (Fsp3) is 0. The first kappa shape index (κ1) is 34.4. The molecule has 0 aliphatic rings. The Morgan fingerprint density at radius 2 is 0.758 bits per heavy atom. The zero-order valence-corrected chi connectivity index (χ0v) is 33.3. The molecule has 62 heavy (non-hydrogen) atoms. The monoisotopic (exact) mass is 790 g/mol. The van der Waals surface area contributed by atoms with E-state index in [9.17, 15) is 0 Å². The van der Waals surface area contributed by atoms with E-state index in [1.54, 1.807) is 0 Å². The van der Waals surface area contributed by atoms with Gasteiger partial charge in [-0.05, 0) is 61.3 Å². The summed E-state index contributed by atoms with van der Waals surface area (Å²) in [6, 6.07) is 72.7. The lowest BCUT2D eigenvalue weighted by molar-refractivity contribution is 0.942. The SMILES string of the molecule is c1ccc2c(-c3ccc(-c4nc(-c5ccc(-c6cccc7ccccc67)cc5)nc(-n5c6ccccc6c6nc7c8ccccc8c8ccccc8n7c65)n4)cc3)cccc2c1. The molecule has 0 amide bonds. The van der Waals surface area contributed by atoms with Crippen LogP contribution >= 0.6 is 0 Å². The molecule has 13 aromatic rings. The Morgan fingerprint density at radius 3 is 1.35 bits per heavy atom. The summed E-state index contributed by atoms with van der Waals surface area (Å²) in [5.41, 5.74) is 11.2. The molecule has 13 rings (SSSR count). The summed E-state index contributed by atoms with van der Waals surface area (Å²) in [6.45, 7) is 0. The Balaban J connectivity index is 1.05. The average Bonchev–Trinajstić information content (AvgIpc) is 3.89. The van der Waals surface area contributed by atoms with Crippen LogP contribution in [0.15, 0.2) is 206 Å². The molecular formula is C56H34N6. The third-order valence-corrected chi connectivity index (χ3v) is 12.4. The first-order valence-corrected chi connectivity index (χ1v) is 20.9. The van der Waals surface area contributed by atoms with Crippen molar-refractivity contribution in [2.75, 3.05) is 0 Å². The maximum absolute atomic E-state index is 5.42. The molecule has 0 spiro atoms. The lowest BCUT2D eigenvalue weighted by Crippen LogP contribution is -2.08. The molecule has 4 heterocycles. The molecule has 0 N–H and O–H groups in total. The number of aromatic nitrogens is 6. The van der Waals surface area contributed by atoms with Crippen molar-refractivity contribution in [1.82, 2.24) is 28.9 Å². The number of para-hydroxylation sites is 2. The summed E-state index contributed by atoms with van der Waals surface area (Å²) in [5, 5.41) is 9.31. The molecule has 9 aromatic carbocycles. The van der Waals surface area contributed by atoms with Gasteiger partial charge < -0.3 is 0 Å². The summed E-state index contributed by atoms with van der Waals surface area (Å²) in [7, 11) is 0. The number of hydrogen-bond acceptors (Lipinski definition) is 4. The van der Waals surface area contributed by atoms with E-state index >= 15 is 0 Å². The van der Waals surface area contributed by atoms with Crippen molar-refractivity contribution in [1.29, 1.82) is 0 Å². The first-order valence-electron chi connectivity index (χ1n) is 20.9. The van der Waals surface area contributed by atoms with Gasteiger partial charge in [-0.15, -0.1) is 0 Å². The highest BCUT2D eigenvalue weighted by atomic mass is 15.3. The van der Waals surface area contributed by atoms with Crippen LogP contribution in [-0.2, 0) is 0 Å². The van der Waals surface area contributed by atoms with E-state index in [1.165, 1.54) is 38.1 Å². The molecule has 0 saturated carbocycles. The smallest absolute Gasteiger partial charge is 0.240 e. The van der Waals surface area contributed by atoms with E-state index in [0.717, 1.165) is 66.3 Å². The van der Waals surface area contributed by atoms with Crippen LogP contribution < -0.4 is 0 Å². The van der Waals surface area contributed by atoms with Gasteiger partial charge in [0.15, 0.2) is 17.3 Å². The fourth-order valence-electron chi connectivity index (χ4n) is 9.48. The maximum Gasteiger partial charge on any atom is 0.240 e. The van der Waals surface area contributed by atoms with E-state index in [4.69, 9.17) is 19.9 Å². The van der Waals surface area contributed by atoms with E-state index < -0.39 is 0 Å². The minimum Gasteiger partial charge on any atom is -0.277 e. The van der Waals surface area contributed by atoms with Crippen molar-refractivity contribution in [2.24, 2.45) is 0 Å². The molecule has 0 bridgehead atoms. The number of rotatable bonds is 5. The topological polar surface area (TPSA) is 60.9 Å². The zero-order valence-electron chi connectivity index (χ0n) is 33.3. The number of nitrogens with zero attached hydrogens (tertiary/aromatic N) is 6. The largest absolute Gasteiger partial charge is 0.277 e. The highest BCUT2D eigenvalue weighted by molar-refractivity contribution is 6.16. The maximum atomic E-state index is 5.42. The molecule has 288 valence electrons. The molecule has 6 nitrogen and oxygen atoms in total. The molecule has 0 aliphatic carbocycles. The molecule has 0 saturated heterocycles. The van der Waals surface area contributed by atoms with Gasteiger partial charge >= 0.3 is 0 Å². The standard InChI is InChI=1S/C56H34N6/c1-3-17-41-35(13-1)15-11-23-43(41)37-27-31-39(32-28-37)52-58-53(40-33-29-38(30-34-40)44-24-12-16-36-14-2-4-18-42(36)44)60-56(59-52)62-50-26-10-8-22-48(50)51-55(62)61-49-25-9-7-20-46(49)45-19-5-6-21-47(45)54(61)57-51/h1-34H. The number of hydrogen-bond donors (Lipinski definition) is 0. The van der Waals surface area contributed by atoms with Crippen LogP contribution in [0.3, 0.4) is 0 Å². The lowest BCUT2D eigenvalue weighted by atomic mass is 9.97. The number of fused-ring (bicyclic) bond motifs is 12. The summed E-state index contributed by atoms with van der Waals surface area (Å²) in [5.74, 6) is 1.69. The van der Waals surface area contributed by atoms with Gasteiger partial charge in [-0.3, -0.25) is 8.97 Å². The van der Waals surface area contributed by atoms with Gasteiger partial charge in [0.1, 0.15) is 11.2 Å². The van der Waals surface area contributed by atoms with Gasteiger partial charge in [0.05, 0.1) is 11.0 Å². The summed E-state index contributed by atoms with van der Waals surface area (Å²) in [6.07, 6.45) is 0. The highest BCUT2D eigenvalue weighted by Gasteiger charge is 2.24. The van der Waals surface area contributed by atoms with Crippen LogP contribution in [0.5, 0.6) is 0 Å². The molecule has 0 aliphatic heterocycles. The minimum absolute atomic E-state index is 0.520. The normalized spacial score (nSPS) is 11.9. The number of imidazole rings is 1. The van der Waals surface area contributed by atoms with Crippen molar-refractivity contribution < 1.29 is 0 Å². The molecule has 0 unspecified atom stereocenters. The van der Waals surface area contributed by atoms with Crippen LogP contribution in [0.1, 0.15) is 0 Å². The predicted molar refractivity (Wildman–Crippen MR) is 255 cm³/mol. The fourth-order valence-corrected chi connectivity index (χ4v) is 9.48. The molecule has 4 aromatic heterocycles. The summed E-state index contributed by atoms with van der Waals surface area (Å²) >= 11 is 0. The highest BCUT2D eigenvalue weighted by Crippen LogP contribution is 2.39. The van der Waals surface area contributed by atoms with E-state index in [0.29, 0.717) is 17.6 Å². The summed E-state index contributed by atoms with van der Waals surface area (Å²) < 4.78 is 4.46. The van der Waals surface area contributed by atoms with Crippen molar-refractivity contribution in [3.05, 3.63) is 206 Å². The van der Waals surface area contributed by atoms with Crippen LogP contribution in [0, 0.1) is 0 Å². The molecule has 0 atom stereocenters. The van der Waals surface area contributed by atoms with Crippen molar-refractivity contribution in [3.63, 3.8) is 0 Å². The Hall–Kier alpha value is -8.48. The lowest BCUT2D eigenvalue weighted by Gasteiger charge is -2.13. The van der Waals surface area contributed by atoms with Gasteiger partial charge in [-0.1, -0.05) is 194 Å². The van der Waals surface area contributed by atoms with Crippen LogP contribution in [0.4, 0.5) is 0 Å².